The normalized spacial score (nSPS) is 13.7. The molecule has 152 valence electrons. The van der Waals surface area contributed by atoms with Gasteiger partial charge in [0, 0.05) is 12.6 Å². The third kappa shape index (κ3) is 7.16. The summed E-state index contributed by atoms with van der Waals surface area (Å²) in [5.74, 6) is -1.01. The summed E-state index contributed by atoms with van der Waals surface area (Å²) in [5, 5.41) is 3.86. The number of nitrogens with one attached hydrogen (secondary N) is 2. The number of halogens is 1. The van der Waals surface area contributed by atoms with E-state index in [9.17, 15) is 22.4 Å². The van der Waals surface area contributed by atoms with Crippen LogP contribution in [0.1, 0.15) is 34.1 Å². The molecule has 0 heterocycles. The average molecular weight is 402 g/mol. The smallest absolute Gasteiger partial charge is 0.407 e. The van der Waals surface area contributed by atoms with Crippen LogP contribution in [0.3, 0.4) is 0 Å². The molecular formula is C18H27FN2O5S. The highest BCUT2D eigenvalue weighted by Crippen LogP contribution is 2.17. The quantitative estimate of drug-likeness (QED) is 0.617. The molecule has 0 aliphatic carbocycles. The number of benzene rings is 1. The van der Waals surface area contributed by atoms with E-state index in [4.69, 9.17) is 4.74 Å². The Morgan fingerprint density at radius 3 is 2.26 bits per heavy atom. The van der Waals surface area contributed by atoms with Crippen LogP contribution in [-0.4, -0.2) is 44.9 Å². The minimum Gasteiger partial charge on any atom is -0.450 e. The molecule has 1 aromatic carbocycles. The van der Waals surface area contributed by atoms with Crippen molar-refractivity contribution in [2.24, 2.45) is 5.92 Å². The van der Waals surface area contributed by atoms with Crippen LogP contribution in [0.25, 0.3) is 0 Å². The molecule has 1 aromatic rings. The van der Waals surface area contributed by atoms with Crippen molar-refractivity contribution in [1.82, 2.24) is 10.6 Å². The largest absolute Gasteiger partial charge is 0.450 e. The molecule has 0 spiro atoms. The minimum absolute atomic E-state index is 0.0686. The highest BCUT2D eigenvalue weighted by atomic mass is 32.2. The number of rotatable bonds is 9. The number of alkyl carbamates (subject to hydrolysis) is 1. The molecule has 2 unspecified atom stereocenters. The Kier molecular flexibility index (Phi) is 8.68. The summed E-state index contributed by atoms with van der Waals surface area (Å²) in [6, 6.07) is 3.91. The zero-order valence-electron chi connectivity index (χ0n) is 16.0. The van der Waals surface area contributed by atoms with Crippen molar-refractivity contribution in [3.8, 4) is 0 Å². The second kappa shape index (κ2) is 10.2. The van der Waals surface area contributed by atoms with Crippen LogP contribution in [0.15, 0.2) is 29.2 Å². The topological polar surface area (TPSA) is 102 Å². The van der Waals surface area contributed by atoms with E-state index < -0.39 is 38.9 Å². The molecule has 9 heteroatoms. The molecule has 0 radical (unpaired) electrons. The Balaban J connectivity index is 2.76. The standard InChI is InChI=1S/C18H27FN2O5S/c1-5-26-18(23)21-15(10-12(2)3)11-20-17(22)13(4)27(24,25)16-8-6-14(19)7-9-16/h6-9,12-13,15H,5,10-11H2,1-4H3,(H,20,22)(H,21,23). The summed E-state index contributed by atoms with van der Waals surface area (Å²) in [6.45, 7) is 7.16. The Morgan fingerprint density at radius 1 is 1.15 bits per heavy atom. The number of hydrogen-bond acceptors (Lipinski definition) is 5. The second-order valence-electron chi connectivity index (χ2n) is 6.58. The van der Waals surface area contributed by atoms with Gasteiger partial charge in [-0.05, 0) is 50.5 Å². The first-order chi connectivity index (χ1) is 12.6. The molecule has 0 aliphatic rings. The van der Waals surface area contributed by atoms with Crippen molar-refractivity contribution in [3.05, 3.63) is 30.1 Å². The molecule has 27 heavy (non-hydrogen) atoms. The fourth-order valence-corrected chi connectivity index (χ4v) is 3.73. The first-order valence-corrected chi connectivity index (χ1v) is 10.3. The van der Waals surface area contributed by atoms with Crippen LogP contribution < -0.4 is 10.6 Å². The van der Waals surface area contributed by atoms with E-state index in [2.05, 4.69) is 10.6 Å². The molecule has 7 nitrogen and oxygen atoms in total. The van der Waals surface area contributed by atoms with Crippen molar-refractivity contribution >= 4 is 21.8 Å². The van der Waals surface area contributed by atoms with Crippen LogP contribution in [0.4, 0.5) is 9.18 Å². The van der Waals surface area contributed by atoms with Crippen LogP contribution in [0.5, 0.6) is 0 Å². The molecule has 0 aliphatic heterocycles. The van der Waals surface area contributed by atoms with E-state index in [1.807, 2.05) is 13.8 Å². The SMILES string of the molecule is CCOC(=O)NC(CNC(=O)C(C)S(=O)(=O)c1ccc(F)cc1)CC(C)C. The van der Waals surface area contributed by atoms with Gasteiger partial charge in [0.2, 0.25) is 5.91 Å². The van der Waals surface area contributed by atoms with Gasteiger partial charge in [-0.2, -0.15) is 0 Å². The van der Waals surface area contributed by atoms with Gasteiger partial charge in [-0.1, -0.05) is 13.8 Å². The third-order valence-electron chi connectivity index (χ3n) is 3.85. The lowest BCUT2D eigenvalue weighted by atomic mass is 10.0. The molecule has 0 bridgehead atoms. The number of carbonyl (C=O) groups is 2. The number of hydrogen-bond donors (Lipinski definition) is 2. The molecular weight excluding hydrogens is 375 g/mol. The lowest BCUT2D eigenvalue weighted by Gasteiger charge is -2.22. The van der Waals surface area contributed by atoms with Gasteiger partial charge in [0.25, 0.3) is 0 Å². The molecule has 0 saturated carbocycles. The van der Waals surface area contributed by atoms with E-state index in [1.54, 1.807) is 6.92 Å². The predicted octanol–water partition coefficient (Wildman–Crippen LogP) is 2.26. The summed E-state index contributed by atoms with van der Waals surface area (Å²) >= 11 is 0. The molecule has 2 N–H and O–H groups in total. The number of sulfone groups is 1. The van der Waals surface area contributed by atoms with Gasteiger partial charge in [0.1, 0.15) is 11.1 Å². The lowest BCUT2D eigenvalue weighted by molar-refractivity contribution is -0.120. The van der Waals surface area contributed by atoms with Crippen molar-refractivity contribution in [2.45, 2.75) is 50.3 Å². The Bertz CT molecular complexity index is 735. The Labute approximate surface area is 159 Å². The Hall–Kier alpha value is -2.16. The average Bonchev–Trinajstić information content (AvgIpc) is 2.58. The van der Waals surface area contributed by atoms with Gasteiger partial charge in [-0.25, -0.2) is 17.6 Å². The van der Waals surface area contributed by atoms with Gasteiger partial charge in [0.05, 0.1) is 11.5 Å². The summed E-state index contributed by atoms with van der Waals surface area (Å²) in [7, 11) is -3.95. The number of amides is 2. The summed E-state index contributed by atoms with van der Waals surface area (Å²) < 4.78 is 42.8. The second-order valence-corrected chi connectivity index (χ2v) is 8.85. The molecule has 0 saturated heterocycles. The monoisotopic (exact) mass is 402 g/mol. The highest BCUT2D eigenvalue weighted by Gasteiger charge is 2.30. The van der Waals surface area contributed by atoms with E-state index in [-0.39, 0.29) is 24.0 Å². The number of ether oxygens (including phenoxy) is 1. The van der Waals surface area contributed by atoms with Crippen LogP contribution in [0, 0.1) is 11.7 Å². The third-order valence-corrected chi connectivity index (χ3v) is 5.93. The van der Waals surface area contributed by atoms with Crippen molar-refractivity contribution in [1.29, 1.82) is 0 Å². The van der Waals surface area contributed by atoms with Crippen molar-refractivity contribution in [3.63, 3.8) is 0 Å². The van der Waals surface area contributed by atoms with Gasteiger partial charge < -0.3 is 15.4 Å². The maximum Gasteiger partial charge on any atom is 0.407 e. The molecule has 2 atom stereocenters. The maximum atomic E-state index is 13.0. The first-order valence-electron chi connectivity index (χ1n) is 8.78. The fraction of sp³-hybridized carbons (Fsp3) is 0.556. The van der Waals surface area contributed by atoms with Gasteiger partial charge in [-0.15, -0.1) is 0 Å². The summed E-state index contributed by atoms with van der Waals surface area (Å²) in [6.07, 6.45) is -0.0116. The lowest BCUT2D eigenvalue weighted by Crippen LogP contribution is -2.47. The van der Waals surface area contributed by atoms with Gasteiger partial charge >= 0.3 is 6.09 Å². The number of carbonyl (C=O) groups excluding carboxylic acids is 2. The van der Waals surface area contributed by atoms with Gasteiger partial charge in [0.15, 0.2) is 9.84 Å². The summed E-state index contributed by atoms with van der Waals surface area (Å²) in [5.41, 5.74) is 0. The van der Waals surface area contributed by atoms with Crippen LogP contribution >= 0.6 is 0 Å². The minimum atomic E-state index is -3.95. The summed E-state index contributed by atoms with van der Waals surface area (Å²) in [4.78, 5) is 23.8. The first kappa shape index (κ1) is 22.9. The van der Waals surface area contributed by atoms with E-state index in [1.165, 1.54) is 6.92 Å². The van der Waals surface area contributed by atoms with Crippen molar-refractivity contribution < 1.29 is 27.1 Å². The van der Waals surface area contributed by atoms with Gasteiger partial charge in [-0.3, -0.25) is 4.79 Å². The van der Waals surface area contributed by atoms with Crippen molar-refractivity contribution in [2.75, 3.05) is 13.2 Å². The fourth-order valence-electron chi connectivity index (χ4n) is 2.44. The Morgan fingerprint density at radius 2 is 1.74 bits per heavy atom. The van der Waals surface area contributed by atoms with E-state index in [0.717, 1.165) is 24.3 Å². The zero-order chi connectivity index (χ0) is 20.6. The maximum absolute atomic E-state index is 13.0. The molecule has 1 rings (SSSR count). The molecule has 0 aromatic heterocycles. The molecule has 2 amide bonds. The van der Waals surface area contributed by atoms with E-state index >= 15 is 0 Å². The predicted molar refractivity (Wildman–Crippen MR) is 99.5 cm³/mol. The van der Waals surface area contributed by atoms with Crippen LogP contribution in [-0.2, 0) is 19.4 Å². The molecule has 0 fully saturated rings. The van der Waals surface area contributed by atoms with Crippen LogP contribution in [0.2, 0.25) is 0 Å². The zero-order valence-corrected chi connectivity index (χ0v) is 16.8. The van der Waals surface area contributed by atoms with E-state index in [0.29, 0.717) is 6.42 Å². The highest BCUT2D eigenvalue weighted by molar-refractivity contribution is 7.92.